The fraction of sp³-hybridized carbons (Fsp3) is 0.240. The standard InChI is InChI=1S/C25H25N5O/c31-24(17-19-10-12-22(13-11-19)29-14-4-5-15-29)26-21-8-6-7-20(18-21)25-28-27-23-9-2-1-3-16-30(23)25/h4-8,10-15,18H,1-3,9,16-17H2,(H,26,31). The minimum absolute atomic E-state index is 0.0362. The Bertz CT molecular complexity index is 1180. The highest BCUT2D eigenvalue weighted by molar-refractivity contribution is 5.92. The van der Waals surface area contributed by atoms with Gasteiger partial charge in [0.1, 0.15) is 5.82 Å². The highest BCUT2D eigenvalue weighted by atomic mass is 16.1. The van der Waals surface area contributed by atoms with E-state index in [1.165, 1.54) is 12.8 Å². The van der Waals surface area contributed by atoms with Crippen LogP contribution in [0.1, 0.15) is 30.7 Å². The zero-order chi connectivity index (χ0) is 21.0. The first-order valence-electron chi connectivity index (χ1n) is 10.8. The van der Waals surface area contributed by atoms with Crippen LogP contribution in [-0.2, 0) is 24.2 Å². The van der Waals surface area contributed by atoms with Crippen molar-refractivity contribution >= 4 is 11.6 Å². The van der Waals surface area contributed by atoms with Crippen molar-refractivity contribution in [1.82, 2.24) is 19.3 Å². The Morgan fingerprint density at radius 3 is 2.61 bits per heavy atom. The molecular weight excluding hydrogens is 386 g/mol. The third kappa shape index (κ3) is 4.28. The van der Waals surface area contributed by atoms with Gasteiger partial charge in [-0.15, -0.1) is 10.2 Å². The molecule has 6 nitrogen and oxygen atoms in total. The van der Waals surface area contributed by atoms with E-state index in [0.29, 0.717) is 6.42 Å². The first kappa shape index (κ1) is 19.3. The molecule has 31 heavy (non-hydrogen) atoms. The predicted molar refractivity (Wildman–Crippen MR) is 121 cm³/mol. The fourth-order valence-electron chi connectivity index (χ4n) is 4.12. The molecule has 0 saturated carbocycles. The number of nitrogens with one attached hydrogen (secondary N) is 1. The lowest BCUT2D eigenvalue weighted by atomic mass is 10.1. The molecule has 0 unspecified atom stereocenters. The quantitative estimate of drug-likeness (QED) is 0.520. The highest BCUT2D eigenvalue weighted by Crippen LogP contribution is 2.25. The number of aryl methyl sites for hydroxylation is 1. The van der Waals surface area contributed by atoms with E-state index in [4.69, 9.17) is 0 Å². The summed E-state index contributed by atoms with van der Waals surface area (Å²) in [4.78, 5) is 12.6. The normalized spacial score (nSPS) is 13.4. The Balaban J connectivity index is 1.28. The number of aromatic nitrogens is 4. The number of rotatable bonds is 5. The molecule has 1 N–H and O–H groups in total. The minimum atomic E-state index is -0.0362. The molecule has 6 heteroatoms. The van der Waals surface area contributed by atoms with Crippen molar-refractivity contribution in [3.05, 3.63) is 84.4 Å². The average Bonchev–Trinajstić information content (AvgIpc) is 3.40. The van der Waals surface area contributed by atoms with Gasteiger partial charge >= 0.3 is 0 Å². The van der Waals surface area contributed by atoms with Crippen molar-refractivity contribution < 1.29 is 4.79 Å². The largest absolute Gasteiger partial charge is 0.326 e. The molecule has 0 atom stereocenters. The zero-order valence-corrected chi connectivity index (χ0v) is 17.4. The van der Waals surface area contributed by atoms with Crippen molar-refractivity contribution in [3.63, 3.8) is 0 Å². The third-order valence-corrected chi connectivity index (χ3v) is 5.72. The molecule has 3 heterocycles. The van der Waals surface area contributed by atoms with Crippen LogP contribution >= 0.6 is 0 Å². The van der Waals surface area contributed by atoms with Gasteiger partial charge in [0.15, 0.2) is 5.82 Å². The summed E-state index contributed by atoms with van der Waals surface area (Å²) in [6.07, 6.45) is 8.86. The summed E-state index contributed by atoms with van der Waals surface area (Å²) in [7, 11) is 0. The van der Waals surface area contributed by atoms with Gasteiger partial charge in [-0.25, -0.2) is 0 Å². The van der Waals surface area contributed by atoms with E-state index in [2.05, 4.69) is 20.1 Å². The Labute approximate surface area is 181 Å². The fourth-order valence-corrected chi connectivity index (χ4v) is 4.12. The molecule has 1 aliphatic heterocycles. The number of nitrogens with zero attached hydrogens (tertiary/aromatic N) is 4. The number of hydrogen-bond donors (Lipinski definition) is 1. The zero-order valence-electron chi connectivity index (χ0n) is 17.4. The van der Waals surface area contributed by atoms with Gasteiger partial charge in [0, 0.05) is 42.3 Å². The number of amides is 1. The van der Waals surface area contributed by atoms with E-state index in [9.17, 15) is 4.79 Å². The van der Waals surface area contributed by atoms with Crippen LogP contribution in [0.3, 0.4) is 0 Å². The van der Waals surface area contributed by atoms with Gasteiger partial charge < -0.3 is 14.5 Å². The lowest BCUT2D eigenvalue weighted by Crippen LogP contribution is -2.14. The number of hydrogen-bond acceptors (Lipinski definition) is 3. The molecular formula is C25H25N5O. The summed E-state index contributed by atoms with van der Waals surface area (Å²) in [6, 6.07) is 19.9. The SMILES string of the molecule is O=C(Cc1ccc(-n2cccc2)cc1)Nc1cccc(-c2nnc3n2CCCCC3)c1. The minimum Gasteiger partial charge on any atom is -0.326 e. The molecule has 0 spiro atoms. The van der Waals surface area contributed by atoms with Crippen LogP contribution in [-0.4, -0.2) is 25.2 Å². The molecule has 0 fully saturated rings. The van der Waals surface area contributed by atoms with Crippen LogP contribution in [0.25, 0.3) is 17.1 Å². The molecule has 4 aromatic rings. The van der Waals surface area contributed by atoms with E-state index in [1.54, 1.807) is 0 Å². The molecule has 5 rings (SSSR count). The monoisotopic (exact) mass is 411 g/mol. The van der Waals surface area contributed by atoms with Gasteiger partial charge in [-0.05, 0) is 54.8 Å². The van der Waals surface area contributed by atoms with Crippen LogP contribution in [0, 0.1) is 0 Å². The number of fused-ring (bicyclic) bond motifs is 1. The molecule has 2 aromatic heterocycles. The molecule has 0 saturated heterocycles. The van der Waals surface area contributed by atoms with Crippen LogP contribution in [0.15, 0.2) is 73.1 Å². The van der Waals surface area contributed by atoms with Crippen molar-refractivity contribution in [1.29, 1.82) is 0 Å². The number of benzene rings is 2. The van der Waals surface area contributed by atoms with Gasteiger partial charge in [0.25, 0.3) is 0 Å². The maximum atomic E-state index is 12.6. The Kier molecular flexibility index (Phi) is 5.35. The lowest BCUT2D eigenvalue weighted by molar-refractivity contribution is -0.115. The van der Waals surface area contributed by atoms with Crippen LogP contribution in [0.4, 0.5) is 5.69 Å². The molecule has 2 aromatic carbocycles. The Hall–Kier alpha value is -3.67. The second-order valence-electron chi connectivity index (χ2n) is 7.96. The molecule has 1 amide bonds. The smallest absolute Gasteiger partial charge is 0.228 e. The van der Waals surface area contributed by atoms with Crippen LogP contribution in [0.5, 0.6) is 0 Å². The second kappa shape index (κ2) is 8.60. The molecule has 0 bridgehead atoms. The van der Waals surface area contributed by atoms with E-state index in [-0.39, 0.29) is 5.91 Å². The maximum Gasteiger partial charge on any atom is 0.228 e. The topological polar surface area (TPSA) is 64.7 Å². The van der Waals surface area contributed by atoms with Crippen molar-refractivity contribution in [2.75, 3.05) is 5.32 Å². The predicted octanol–water partition coefficient (Wildman–Crippen LogP) is 4.64. The molecule has 0 aliphatic carbocycles. The van der Waals surface area contributed by atoms with E-state index >= 15 is 0 Å². The van der Waals surface area contributed by atoms with Gasteiger partial charge in [0.05, 0.1) is 6.42 Å². The van der Waals surface area contributed by atoms with Gasteiger partial charge in [-0.1, -0.05) is 30.7 Å². The first-order valence-corrected chi connectivity index (χ1v) is 10.8. The summed E-state index contributed by atoms with van der Waals surface area (Å²) >= 11 is 0. The van der Waals surface area contributed by atoms with E-state index in [1.807, 2.05) is 77.6 Å². The summed E-state index contributed by atoms with van der Waals surface area (Å²) in [5.41, 5.74) is 3.81. The summed E-state index contributed by atoms with van der Waals surface area (Å²) < 4.78 is 4.26. The Morgan fingerprint density at radius 2 is 1.77 bits per heavy atom. The molecule has 1 aliphatic rings. The molecule has 0 radical (unpaired) electrons. The highest BCUT2D eigenvalue weighted by Gasteiger charge is 2.16. The van der Waals surface area contributed by atoms with Crippen molar-refractivity contribution in [3.8, 4) is 17.1 Å². The van der Waals surface area contributed by atoms with Gasteiger partial charge in [-0.3, -0.25) is 4.79 Å². The average molecular weight is 412 g/mol. The first-order chi connectivity index (χ1) is 15.3. The second-order valence-corrected chi connectivity index (χ2v) is 7.96. The van der Waals surface area contributed by atoms with Crippen LogP contribution < -0.4 is 5.32 Å². The van der Waals surface area contributed by atoms with Crippen molar-refractivity contribution in [2.45, 2.75) is 38.6 Å². The number of carbonyl (C=O) groups is 1. The number of anilines is 1. The summed E-state index contributed by atoms with van der Waals surface area (Å²) in [6.45, 7) is 0.952. The summed E-state index contributed by atoms with van der Waals surface area (Å²) in [5, 5.41) is 11.8. The van der Waals surface area contributed by atoms with E-state index in [0.717, 1.165) is 53.5 Å². The Morgan fingerprint density at radius 1 is 0.935 bits per heavy atom. The van der Waals surface area contributed by atoms with Crippen molar-refractivity contribution in [2.24, 2.45) is 0 Å². The van der Waals surface area contributed by atoms with E-state index < -0.39 is 0 Å². The van der Waals surface area contributed by atoms with Gasteiger partial charge in [0.2, 0.25) is 5.91 Å². The van der Waals surface area contributed by atoms with Gasteiger partial charge in [-0.2, -0.15) is 0 Å². The lowest BCUT2D eigenvalue weighted by Gasteiger charge is -2.10. The number of carbonyl (C=O) groups excluding carboxylic acids is 1. The van der Waals surface area contributed by atoms with Crippen LogP contribution in [0.2, 0.25) is 0 Å². The molecule has 156 valence electrons. The summed E-state index contributed by atoms with van der Waals surface area (Å²) in [5.74, 6) is 1.91. The maximum absolute atomic E-state index is 12.6. The third-order valence-electron chi connectivity index (χ3n) is 5.72.